The van der Waals surface area contributed by atoms with Gasteiger partial charge in [-0.1, -0.05) is 6.07 Å². The van der Waals surface area contributed by atoms with E-state index in [9.17, 15) is 18.0 Å². The zero-order chi connectivity index (χ0) is 23.5. The summed E-state index contributed by atoms with van der Waals surface area (Å²) < 4.78 is 32.8. The van der Waals surface area contributed by atoms with Crippen molar-refractivity contribution in [3.8, 4) is 0 Å². The van der Waals surface area contributed by atoms with E-state index in [1.165, 1.54) is 24.3 Å². The molecular weight excluding hydrogens is 430 g/mol. The number of sulfonamides is 1. The zero-order valence-corrected chi connectivity index (χ0v) is 19.6. The molecule has 8 nitrogen and oxygen atoms in total. The fourth-order valence-electron chi connectivity index (χ4n) is 3.38. The second-order valence-electron chi connectivity index (χ2n) is 8.72. The topological polar surface area (TPSA) is 105 Å². The molecule has 1 saturated heterocycles. The summed E-state index contributed by atoms with van der Waals surface area (Å²) in [5.41, 5.74) is 1.42. The number of rotatable bonds is 5. The fraction of sp³-hybridized carbons (Fsp3) is 0.391. The second-order valence-corrected chi connectivity index (χ2v) is 10.4. The van der Waals surface area contributed by atoms with Crippen molar-refractivity contribution in [3.63, 3.8) is 0 Å². The lowest BCUT2D eigenvalue weighted by atomic mass is 10.0. The molecule has 0 bridgehead atoms. The van der Waals surface area contributed by atoms with E-state index < -0.39 is 21.5 Å². The lowest BCUT2D eigenvalue weighted by Crippen LogP contribution is -2.41. The van der Waals surface area contributed by atoms with Gasteiger partial charge in [0.25, 0.3) is 11.8 Å². The van der Waals surface area contributed by atoms with Crippen LogP contribution >= 0.6 is 0 Å². The van der Waals surface area contributed by atoms with Gasteiger partial charge in [0.1, 0.15) is 0 Å². The monoisotopic (exact) mass is 459 g/mol. The molecule has 0 spiro atoms. The summed E-state index contributed by atoms with van der Waals surface area (Å²) in [6.45, 7) is 9.15. The Labute approximate surface area is 189 Å². The zero-order valence-electron chi connectivity index (χ0n) is 18.8. The molecule has 1 fully saturated rings. The maximum Gasteiger partial charge on any atom is 0.255 e. The number of nitrogens with zero attached hydrogens (tertiary/aromatic N) is 1. The molecule has 3 rings (SSSR count). The summed E-state index contributed by atoms with van der Waals surface area (Å²) in [5, 5.41) is 2.82. The Bertz CT molecular complexity index is 1100. The molecule has 9 heteroatoms. The van der Waals surface area contributed by atoms with Gasteiger partial charge >= 0.3 is 0 Å². The van der Waals surface area contributed by atoms with E-state index in [1.54, 1.807) is 50.8 Å². The van der Waals surface area contributed by atoms with Gasteiger partial charge < -0.3 is 15.0 Å². The lowest BCUT2D eigenvalue weighted by molar-refractivity contribution is 0.0302. The summed E-state index contributed by atoms with van der Waals surface area (Å²) in [6.07, 6.45) is 0. The molecule has 1 heterocycles. The number of carbonyl (C=O) groups is 2. The maximum atomic E-state index is 12.9. The third-order valence-electron chi connectivity index (χ3n) is 4.98. The highest BCUT2D eigenvalue weighted by atomic mass is 32.2. The number of benzene rings is 2. The van der Waals surface area contributed by atoms with Crippen LogP contribution in [0.25, 0.3) is 0 Å². The summed E-state index contributed by atoms with van der Waals surface area (Å²) in [4.78, 5) is 27.4. The molecule has 2 N–H and O–H groups in total. The molecule has 2 aromatic rings. The van der Waals surface area contributed by atoms with Crippen LogP contribution in [-0.2, 0) is 14.8 Å². The van der Waals surface area contributed by atoms with E-state index in [0.29, 0.717) is 48.7 Å². The first-order chi connectivity index (χ1) is 15.0. The van der Waals surface area contributed by atoms with Crippen LogP contribution in [0.1, 0.15) is 47.1 Å². The molecule has 0 aromatic heterocycles. The minimum absolute atomic E-state index is 0.0817. The van der Waals surface area contributed by atoms with E-state index in [1.807, 2.05) is 0 Å². The summed E-state index contributed by atoms with van der Waals surface area (Å²) in [5.74, 6) is -0.486. The molecule has 0 aliphatic carbocycles. The Kier molecular flexibility index (Phi) is 7.02. The van der Waals surface area contributed by atoms with Crippen molar-refractivity contribution in [2.45, 2.75) is 38.1 Å². The van der Waals surface area contributed by atoms with Gasteiger partial charge in [-0.05, 0) is 69.7 Å². The number of ether oxygens (including phenoxy) is 1. The van der Waals surface area contributed by atoms with Crippen LogP contribution in [0.15, 0.2) is 47.4 Å². The first kappa shape index (κ1) is 23.9. The smallest absolute Gasteiger partial charge is 0.255 e. The van der Waals surface area contributed by atoms with Gasteiger partial charge in [0, 0.05) is 35.4 Å². The Morgan fingerprint density at radius 1 is 1.00 bits per heavy atom. The van der Waals surface area contributed by atoms with Gasteiger partial charge in [0.15, 0.2) is 0 Å². The molecule has 2 aromatic carbocycles. The van der Waals surface area contributed by atoms with Crippen LogP contribution in [0.3, 0.4) is 0 Å². The molecule has 0 atom stereocenters. The van der Waals surface area contributed by atoms with Crippen molar-refractivity contribution in [3.05, 3.63) is 59.2 Å². The summed E-state index contributed by atoms with van der Waals surface area (Å²) >= 11 is 0. The van der Waals surface area contributed by atoms with Crippen molar-refractivity contribution in [1.82, 2.24) is 9.62 Å². The van der Waals surface area contributed by atoms with Gasteiger partial charge in [-0.2, -0.15) is 0 Å². The molecular formula is C23H29N3O5S. The molecule has 1 aliphatic heterocycles. The minimum atomic E-state index is -3.68. The van der Waals surface area contributed by atoms with E-state index >= 15 is 0 Å². The van der Waals surface area contributed by atoms with E-state index in [4.69, 9.17) is 4.74 Å². The SMILES string of the molecule is Cc1c(NC(=O)c2ccc(S(=O)(=O)NC(C)(C)C)cc2)cccc1C(=O)N1CCOCC1. The average Bonchev–Trinajstić information content (AvgIpc) is 2.74. The first-order valence-electron chi connectivity index (χ1n) is 10.4. The van der Waals surface area contributed by atoms with Crippen molar-refractivity contribution < 1.29 is 22.7 Å². The highest BCUT2D eigenvalue weighted by molar-refractivity contribution is 7.89. The van der Waals surface area contributed by atoms with Crippen molar-refractivity contribution in [2.75, 3.05) is 31.6 Å². The van der Waals surface area contributed by atoms with Gasteiger partial charge in [0.2, 0.25) is 10.0 Å². The predicted octanol–water partition coefficient (Wildman–Crippen LogP) is 2.80. The molecule has 32 heavy (non-hydrogen) atoms. The minimum Gasteiger partial charge on any atom is -0.378 e. The van der Waals surface area contributed by atoms with Crippen molar-refractivity contribution in [2.24, 2.45) is 0 Å². The Morgan fingerprint density at radius 2 is 1.62 bits per heavy atom. The van der Waals surface area contributed by atoms with Gasteiger partial charge in [0.05, 0.1) is 18.1 Å². The highest BCUT2D eigenvalue weighted by Crippen LogP contribution is 2.22. The van der Waals surface area contributed by atoms with Crippen LogP contribution in [0, 0.1) is 6.92 Å². The number of nitrogens with one attached hydrogen (secondary N) is 2. The van der Waals surface area contributed by atoms with Crippen LogP contribution in [0.4, 0.5) is 5.69 Å². The number of amides is 2. The number of morpholine rings is 1. The lowest BCUT2D eigenvalue weighted by Gasteiger charge is -2.27. The number of anilines is 1. The van der Waals surface area contributed by atoms with Crippen LogP contribution < -0.4 is 10.0 Å². The third kappa shape index (κ3) is 5.73. The van der Waals surface area contributed by atoms with E-state index in [0.717, 1.165) is 0 Å². The van der Waals surface area contributed by atoms with Crippen molar-refractivity contribution >= 4 is 27.5 Å². The van der Waals surface area contributed by atoms with Crippen molar-refractivity contribution in [1.29, 1.82) is 0 Å². The third-order valence-corrected chi connectivity index (χ3v) is 6.75. The normalized spacial score (nSPS) is 14.8. The highest BCUT2D eigenvalue weighted by Gasteiger charge is 2.23. The van der Waals surface area contributed by atoms with Crippen LogP contribution in [-0.4, -0.2) is 57.0 Å². The molecule has 0 saturated carbocycles. The first-order valence-corrected chi connectivity index (χ1v) is 11.9. The molecule has 2 amide bonds. The second kappa shape index (κ2) is 9.40. The molecule has 172 valence electrons. The summed E-state index contributed by atoms with van der Waals surface area (Å²) in [6, 6.07) is 10.9. The van der Waals surface area contributed by atoms with Crippen LogP contribution in [0.5, 0.6) is 0 Å². The maximum absolute atomic E-state index is 12.9. The Hall–Kier alpha value is -2.75. The predicted molar refractivity (Wildman–Crippen MR) is 122 cm³/mol. The number of carbonyl (C=O) groups excluding carboxylic acids is 2. The van der Waals surface area contributed by atoms with Gasteiger partial charge in [-0.25, -0.2) is 13.1 Å². The largest absolute Gasteiger partial charge is 0.378 e. The quantitative estimate of drug-likeness (QED) is 0.715. The Morgan fingerprint density at radius 3 is 2.22 bits per heavy atom. The fourth-order valence-corrected chi connectivity index (χ4v) is 4.80. The Balaban J connectivity index is 1.75. The summed E-state index contributed by atoms with van der Waals surface area (Å²) in [7, 11) is -3.68. The molecule has 0 radical (unpaired) electrons. The van der Waals surface area contributed by atoms with Crippen LogP contribution in [0.2, 0.25) is 0 Å². The van der Waals surface area contributed by atoms with Gasteiger partial charge in [-0.15, -0.1) is 0 Å². The van der Waals surface area contributed by atoms with E-state index in [-0.39, 0.29) is 10.8 Å². The number of hydrogen-bond donors (Lipinski definition) is 2. The average molecular weight is 460 g/mol. The van der Waals surface area contributed by atoms with E-state index in [2.05, 4.69) is 10.0 Å². The standard InChI is InChI=1S/C23H29N3O5S/c1-16-19(22(28)26-12-14-31-15-13-26)6-5-7-20(16)24-21(27)17-8-10-18(11-9-17)32(29,30)25-23(2,3)4/h5-11,25H,12-15H2,1-4H3,(H,24,27). The van der Waals surface area contributed by atoms with Gasteiger partial charge in [-0.3, -0.25) is 9.59 Å². The molecule has 0 unspecified atom stereocenters. The molecule has 1 aliphatic rings. The number of hydrogen-bond acceptors (Lipinski definition) is 5.